The fraction of sp³-hybridized carbons (Fsp3) is 0.161. The van der Waals surface area contributed by atoms with Gasteiger partial charge in [0.1, 0.15) is 5.76 Å². The summed E-state index contributed by atoms with van der Waals surface area (Å²) in [5.74, 6) is 1.60. The highest BCUT2D eigenvalue weighted by molar-refractivity contribution is 5.92. The van der Waals surface area contributed by atoms with Crippen LogP contribution < -0.4 is 10.6 Å². The molecule has 2 aromatic heterocycles. The molecule has 2 N–H and O–H groups in total. The SMILES string of the molecule is Cc1ccc(-c2ccc(C(=O)NC3(C)Cc4ccc(-c5noc(-c6ccc(NC=O)cc6)n5)cc4C3)o2)cc1. The Morgan fingerprint density at radius 1 is 0.897 bits per heavy atom. The highest BCUT2D eigenvalue weighted by Crippen LogP contribution is 2.34. The summed E-state index contributed by atoms with van der Waals surface area (Å²) < 4.78 is 11.4. The Morgan fingerprint density at radius 3 is 2.38 bits per heavy atom. The quantitative estimate of drug-likeness (QED) is 0.263. The molecule has 0 aliphatic heterocycles. The van der Waals surface area contributed by atoms with Gasteiger partial charge in [-0.25, -0.2) is 0 Å². The molecule has 6 rings (SSSR count). The molecule has 8 nitrogen and oxygen atoms in total. The molecule has 1 aliphatic rings. The number of hydrogen-bond donors (Lipinski definition) is 2. The second-order valence-electron chi connectivity index (χ2n) is 10.1. The number of nitrogens with zero attached hydrogens (tertiary/aromatic N) is 2. The predicted octanol–water partition coefficient (Wildman–Crippen LogP) is 5.83. The number of nitrogens with one attached hydrogen (secondary N) is 2. The van der Waals surface area contributed by atoms with Crippen molar-refractivity contribution in [1.29, 1.82) is 0 Å². The lowest BCUT2D eigenvalue weighted by Gasteiger charge is -2.24. The molecule has 0 saturated heterocycles. The Hall–Kier alpha value is -4.98. The van der Waals surface area contributed by atoms with E-state index < -0.39 is 5.54 Å². The second kappa shape index (κ2) is 9.72. The van der Waals surface area contributed by atoms with Gasteiger partial charge in [-0.3, -0.25) is 9.59 Å². The van der Waals surface area contributed by atoms with E-state index in [1.807, 2.05) is 62.4 Å². The number of hydrogen-bond acceptors (Lipinski definition) is 6. The van der Waals surface area contributed by atoms with Crippen molar-refractivity contribution in [2.24, 2.45) is 0 Å². The van der Waals surface area contributed by atoms with E-state index in [4.69, 9.17) is 8.94 Å². The second-order valence-corrected chi connectivity index (χ2v) is 10.1. The van der Waals surface area contributed by atoms with Gasteiger partial charge in [-0.15, -0.1) is 0 Å². The molecule has 0 fully saturated rings. The minimum absolute atomic E-state index is 0.235. The number of aromatic nitrogens is 2. The summed E-state index contributed by atoms with van der Waals surface area (Å²) in [7, 11) is 0. The van der Waals surface area contributed by atoms with Crippen LogP contribution >= 0.6 is 0 Å². The van der Waals surface area contributed by atoms with Crippen molar-refractivity contribution >= 4 is 18.0 Å². The molecule has 0 spiro atoms. The van der Waals surface area contributed by atoms with Gasteiger partial charge in [-0.2, -0.15) is 4.98 Å². The smallest absolute Gasteiger partial charge is 0.287 e. The molecule has 194 valence electrons. The minimum atomic E-state index is -0.450. The number of aryl methyl sites for hydroxylation is 1. The summed E-state index contributed by atoms with van der Waals surface area (Å²) in [5, 5.41) is 9.94. The summed E-state index contributed by atoms with van der Waals surface area (Å²) in [6.45, 7) is 4.08. The molecule has 1 unspecified atom stereocenters. The molecule has 39 heavy (non-hydrogen) atoms. The van der Waals surface area contributed by atoms with Gasteiger partial charge in [0.2, 0.25) is 12.2 Å². The van der Waals surface area contributed by atoms with E-state index in [1.54, 1.807) is 18.2 Å². The van der Waals surface area contributed by atoms with Crippen molar-refractivity contribution in [2.45, 2.75) is 32.2 Å². The van der Waals surface area contributed by atoms with Crippen LogP contribution in [0.5, 0.6) is 0 Å². The van der Waals surface area contributed by atoms with Crippen LogP contribution in [0.15, 0.2) is 87.8 Å². The minimum Gasteiger partial charge on any atom is -0.451 e. The zero-order valence-corrected chi connectivity index (χ0v) is 21.5. The topological polar surface area (TPSA) is 110 Å². The Balaban J connectivity index is 1.15. The van der Waals surface area contributed by atoms with Crippen LogP contribution in [-0.2, 0) is 17.6 Å². The van der Waals surface area contributed by atoms with Crippen LogP contribution in [0.2, 0.25) is 0 Å². The van der Waals surface area contributed by atoms with Gasteiger partial charge in [-0.05, 0) is 80.3 Å². The van der Waals surface area contributed by atoms with E-state index in [0.29, 0.717) is 42.4 Å². The molecule has 1 atom stereocenters. The largest absolute Gasteiger partial charge is 0.451 e. The predicted molar refractivity (Wildman–Crippen MR) is 147 cm³/mol. The van der Waals surface area contributed by atoms with Crippen molar-refractivity contribution in [3.8, 4) is 34.2 Å². The standard InChI is InChI=1S/C31H26N4O4/c1-19-3-5-20(6-4-19)26-13-14-27(38-26)29(37)34-31(2)16-23-8-7-22(15-24(23)17-31)28-33-30(39-35-28)21-9-11-25(12-10-21)32-18-36/h3-15,18H,16-17H2,1-2H3,(H,32,36)(H,34,37). The Bertz CT molecular complexity index is 1670. The number of rotatable bonds is 7. The van der Waals surface area contributed by atoms with Crippen molar-refractivity contribution in [3.63, 3.8) is 0 Å². The highest BCUT2D eigenvalue weighted by Gasteiger charge is 2.35. The third kappa shape index (κ3) is 4.96. The molecule has 0 bridgehead atoms. The summed E-state index contributed by atoms with van der Waals surface area (Å²) in [6, 6.07) is 24.8. The fourth-order valence-electron chi connectivity index (χ4n) is 5.00. The number of amides is 2. The van der Waals surface area contributed by atoms with Gasteiger partial charge in [-0.1, -0.05) is 47.1 Å². The maximum absolute atomic E-state index is 13.1. The first-order valence-corrected chi connectivity index (χ1v) is 12.6. The lowest BCUT2D eigenvalue weighted by molar-refractivity contribution is -0.105. The normalized spacial score (nSPS) is 16.1. The lowest BCUT2D eigenvalue weighted by Crippen LogP contribution is -2.46. The number of benzene rings is 3. The van der Waals surface area contributed by atoms with Crippen LogP contribution in [0.3, 0.4) is 0 Å². The molecule has 8 heteroatoms. The number of carbonyl (C=O) groups is 2. The Kier molecular flexibility index (Phi) is 6.07. The van der Waals surface area contributed by atoms with Crippen LogP contribution in [0.1, 0.15) is 34.2 Å². The first-order valence-electron chi connectivity index (χ1n) is 12.6. The average molecular weight is 519 g/mol. The van der Waals surface area contributed by atoms with Gasteiger partial charge in [0.15, 0.2) is 5.76 Å². The Labute approximate surface area is 225 Å². The average Bonchev–Trinajstić information content (AvgIpc) is 3.68. The van der Waals surface area contributed by atoms with Crippen molar-refractivity contribution in [2.75, 3.05) is 5.32 Å². The molecular formula is C31H26N4O4. The van der Waals surface area contributed by atoms with Crippen molar-refractivity contribution in [3.05, 3.63) is 101 Å². The van der Waals surface area contributed by atoms with Crippen LogP contribution in [0.25, 0.3) is 34.2 Å². The third-order valence-corrected chi connectivity index (χ3v) is 6.99. The lowest BCUT2D eigenvalue weighted by atomic mass is 9.98. The molecule has 0 radical (unpaired) electrons. The molecule has 1 aliphatic carbocycles. The number of carbonyl (C=O) groups excluding carboxylic acids is 2. The molecule has 0 saturated carbocycles. The van der Waals surface area contributed by atoms with Gasteiger partial charge >= 0.3 is 0 Å². The first-order chi connectivity index (χ1) is 18.9. The fourth-order valence-corrected chi connectivity index (χ4v) is 5.00. The van der Waals surface area contributed by atoms with Crippen molar-refractivity contribution < 1.29 is 18.5 Å². The van der Waals surface area contributed by atoms with Gasteiger partial charge < -0.3 is 19.6 Å². The van der Waals surface area contributed by atoms with Gasteiger partial charge in [0.05, 0.1) is 0 Å². The highest BCUT2D eigenvalue weighted by atomic mass is 16.5. The van der Waals surface area contributed by atoms with E-state index in [1.165, 1.54) is 11.1 Å². The Morgan fingerprint density at radius 2 is 1.62 bits per heavy atom. The number of furan rings is 1. The van der Waals surface area contributed by atoms with E-state index in [0.717, 1.165) is 22.3 Å². The van der Waals surface area contributed by atoms with Crippen LogP contribution in [0.4, 0.5) is 5.69 Å². The molecule has 5 aromatic rings. The third-order valence-electron chi connectivity index (χ3n) is 6.99. The first kappa shape index (κ1) is 24.4. The zero-order chi connectivity index (χ0) is 27.0. The van der Waals surface area contributed by atoms with E-state index in [9.17, 15) is 9.59 Å². The number of fused-ring (bicyclic) bond motifs is 1. The molecular weight excluding hydrogens is 492 g/mol. The maximum Gasteiger partial charge on any atom is 0.287 e. The van der Waals surface area contributed by atoms with E-state index in [-0.39, 0.29) is 11.7 Å². The van der Waals surface area contributed by atoms with Gasteiger partial charge in [0, 0.05) is 27.9 Å². The molecule has 2 amide bonds. The summed E-state index contributed by atoms with van der Waals surface area (Å²) in [4.78, 5) is 28.2. The zero-order valence-electron chi connectivity index (χ0n) is 21.5. The van der Waals surface area contributed by atoms with Crippen LogP contribution in [-0.4, -0.2) is 28.0 Å². The van der Waals surface area contributed by atoms with E-state index >= 15 is 0 Å². The number of anilines is 1. The van der Waals surface area contributed by atoms with Crippen molar-refractivity contribution in [1.82, 2.24) is 15.5 Å². The summed E-state index contributed by atoms with van der Waals surface area (Å²) in [5.41, 5.74) is 6.23. The molecule has 3 aromatic carbocycles. The van der Waals surface area contributed by atoms with Crippen LogP contribution in [0, 0.1) is 6.92 Å². The maximum atomic E-state index is 13.1. The monoisotopic (exact) mass is 518 g/mol. The molecule has 2 heterocycles. The summed E-state index contributed by atoms with van der Waals surface area (Å²) in [6.07, 6.45) is 2.01. The van der Waals surface area contributed by atoms with E-state index in [2.05, 4.69) is 32.9 Å². The summed E-state index contributed by atoms with van der Waals surface area (Å²) >= 11 is 0. The van der Waals surface area contributed by atoms with Gasteiger partial charge in [0.25, 0.3) is 11.8 Å².